The van der Waals surface area contributed by atoms with Gasteiger partial charge in [-0.1, -0.05) is 50.5 Å². The van der Waals surface area contributed by atoms with Crippen molar-refractivity contribution in [2.45, 2.75) is 96.9 Å². The van der Waals surface area contributed by atoms with Crippen LogP contribution in [0, 0.1) is 17.8 Å². The number of hydrogen-bond donors (Lipinski definition) is 0. The van der Waals surface area contributed by atoms with Crippen molar-refractivity contribution in [3.63, 3.8) is 0 Å². The number of allylic oxidation sites excluding steroid dienone is 4. The molecule has 3 aliphatic rings. The first-order chi connectivity index (χ1) is 13.6. The van der Waals surface area contributed by atoms with Crippen molar-refractivity contribution in [1.29, 1.82) is 0 Å². The number of piperidine rings is 1. The molecule has 4 atom stereocenters. The van der Waals surface area contributed by atoms with Crippen molar-refractivity contribution in [1.82, 2.24) is 4.90 Å². The van der Waals surface area contributed by atoms with E-state index in [-0.39, 0.29) is 5.92 Å². The molecular weight excluding hydrogens is 346 g/mol. The lowest BCUT2D eigenvalue weighted by Crippen LogP contribution is -2.49. The zero-order chi connectivity index (χ0) is 19.9. The Balaban J connectivity index is 1.40. The summed E-state index contributed by atoms with van der Waals surface area (Å²) < 4.78 is 0. The molecule has 0 aromatic rings. The van der Waals surface area contributed by atoms with Crippen molar-refractivity contribution in [3.05, 3.63) is 23.8 Å². The summed E-state index contributed by atoms with van der Waals surface area (Å²) in [4.78, 5) is 27.6. The number of fused-ring (bicyclic) bond motifs is 1. The lowest BCUT2D eigenvalue weighted by Gasteiger charge is -2.44. The van der Waals surface area contributed by atoms with Crippen molar-refractivity contribution in [2.24, 2.45) is 17.8 Å². The van der Waals surface area contributed by atoms with Crippen molar-refractivity contribution >= 4 is 11.7 Å². The average molecular weight is 386 g/mol. The number of carbonyl (C=O) groups excluding carboxylic acids is 2. The van der Waals surface area contributed by atoms with E-state index in [0.29, 0.717) is 42.9 Å². The second-order valence-corrected chi connectivity index (χ2v) is 9.39. The minimum Gasteiger partial charge on any atom is -0.339 e. The van der Waals surface area contributed by atoms with Gasteiger partial charge >= 0.3 is 0 Å². The molecule has 156 valence electrons. The highest BCUT2D eigenvalue weighted by molar-refractivity contribution is 5.82. The fourth-order valence-corrected chi connectivity index (χ4v) is 5.40. The predicted octanol–water partition coefficient (Wildman–Crippen LogP) is 5.85. The van der Waals surface area contributed by atoms with Gasteiger partial charge in [0.15, 0.2) is 0 Å². The zero-order valence-electron chi connectivity index (χ0n) is 18.0. The normalized spacial score (nSPS) is 26.9. The highest BCUT2D eigenvalue weighted by Gasteiger charge is 2.35. The van der Waals surface area contributed by atoms with Crippen molar-refractivity contribution in [3.8, 4) is 0 Å². The number of ketones is 1. The Morgan fingerprint density at radius 2 is 1.86 bits per heavy atom. The fourth-order valence-electron chi connectivity index (χ4n) is 5.40. The molecule has 0 bridgehead atoms. The molecule has 1 saturated heterocycles. The lowest BCUT2D eigenvalue weighted by atomic mass is 9.78. The van der Waals surface area contributed by atoms with Gasteiger partial charge in [-0.15, -0.1) is 0 Å². The zero-order valence-corrected chi connectivity index (χ0v) is 18.0. The smallest absolute Gasteiger partial charge is 0.222 e. The molecule has 2 aliphatic carbocycles. The molecule has 1 amide bonds. The molecule has 3 unspecified atom stereocenters. The van der Waals surface area contributed by atoms with Gasteiger partial charge < -0.3 is 4.90 Å². The maximum Gasteiger partial charge on any atom is 0.222 e. The minimum absolute atomic E-state index is 0.0732. The first-order valence-electron chi connectivity index (χ1n) is 11.7. The Hall–Kier alpha value is -1.38. The van der Waals surface area contributed by atoms with Crippen LogP contribution in [0.1, 0.15) is 90.9 Å². The summed E-state index contributed by atoms with van der Waals surface area (Å²) in [5, 5.41) is 0. The van der Waals surface area contributed by atoms with Gasteiger partial charge in [0.05, 0.1) is 0 Å². The predicted molar refractivity (Wildman–Crippen MR) is 115 cm³/mol. The van der Waals surface area contributed by atoms with E-state index in [1.165, 1.54) is 37.7 Å². The summed E-state index contributed by atoms with van der Waals surface area (Å²) in [5.41, 5.74) is 1.38. The van der Waals surface area contributed by atoms with Crippen molar-refractivity contribution in [2.75, 3.05) is 6.54 Å². The number of likely N-dealkylation sites (tertiary alicyclic amines) is 1. The van der Waals surface area contributed by atoms with E-state index < -0.39 is 0 Å². The van der Waals surface area contributed by atoms with Crippen LogP contribution in [0.3, 0.4) is 0 Å². The number of carbonyl (C=O) groups is 2. The van der Waals surface area contributed by atoms with Crippen LogP contribution in [-0.2, 0) is 9.59 Å². The minimum atomic E-state index is 0.0732. The first-order valence-corrected chi connectivity index (χ1v) is 11.7. The largest absolute Gasteiger partial charge is 0.339 e. The Morgan fingerprint density at radius 1 is 1.07 bits per heavy atom. The molecule has 1 saturated carbocycles. The van der Waals surface area contributed by atoms with Gasteiger partial charge in [-0.25, -0.2) is 0 Å². The standard InChI is InChI=1S/C25H39NO2/c1-19(18-21-10-4-3-5-11-21)20(2)24(27)15-8-16-25(28)26-17-9-13-22-12-6-7-14-23(22)26/h4,10-11,19-20,22-23H,3,5-9,12-18H2,1-2H3/t19?,20-,22?,23?/m0/s1. The van der Waals surface area contributed by atoms with Gasteiger partial charge in [-0.2, -0.15) is 0 Å². The fraction of sp³-hybridized carbons (Fsp3) is 0.760. The van der Waals surface area contributed by atoms with E-state index in [2.05, 4.69) is 37.0 Å². The van der Waals surface area contributed by atoms with E-state index >= 15 is 0 Å². The molecule has 3 nitrogen and oxygen atoms in total. The third-order valence-corrected chi connectivity index (χ3v) is 7.37. The van der Waals surface area contributed by atoms with E-state index in [1.807, 2.05) is 0 Å². The molecule has 0 N–H and O–H groups in total. The Kier molecular flexibility index (Phi) is 7.93. The number of hydrogen-bond acceptors (Lipinski definition) is 2. The molecule has 1 aliphatic heterocycles. The summed E-state index contributed by atoms with van der Waals surface area (Å²) >= 11 is 0. The monoisotopic (exact) mass is 385 g/mol. The lowest BCUT2D eigenvalue weighted by molar-refractivity contribution is -0.137. The number of nitrogens with zero attached hydrogens (tertiary/aromatic N) is 1. The van der Waals surface area contributed by atoms with Crippen LogP contribution < -0.4 is 0 Å². The molecule has 0 radical (unpaired) electrons. The number of Topliss-reactive ketones (excluding diaryl/α,β-unsaturated/α-hetero) is 1. The molecule has 0 aromatic heterocycles. The maximum absolute atomic E-state index is 12.8. The van der Waals surface area contributed by atoms with Gasteiger partial charge in [0.1, 0.15) is 5.78 Å². The quantitative estimate of drug-likeness (QED) is 0.526. The summed E-state index contributed by atoms with van der Waals surface area (Å²) in [6, 6.07) is 0.487. The van der Waals surface area contributed by atoms with Gasteiger partial charge in [0.25, 0.3) is 0 Å². The molecule has 1 heterocycles. The highest BCUT2D eigenvalue weighted by Crippen LogP contribution is 2.35. The Morgan fingerprint density at radius 3 is 2.64 bits per heavy atom. The molecule has 0 aromatic carbocycles. The molecule has 2 fully saturated rings. The molecule has 3 rings (SSSR count). The average Bonchev–Trinajstić information content (AvgIpc) is 2.73. The third-order valence-electron chi connectivity index (χ3n) is 7.37. The number of rotatable bonds is 8. The van der Waals surface area contributed by atoms with Gasteiger partial charge in [0, 0.05) is 31.3 Å². The Bertz CT molecular complexity index is 604. The summed E-state index contributed by atoms with van der Waals surface area (Å²) in [5.74, 6) is 1.79. The van der Waals surface area contributed by atoms with Gasteiger partial charge in [-0.05, 0) is 63.2 Å². The summed E-state index contributed by atoms with van der Waals surface area (Å²) in [6.07, 6.45) is 19.4. The molecule has 0 spiro atoms. The molecule has 28 heavy (non-hydrogen) atoms. The van der Waals surface area contributed by atoms with Crippen molar-refractivity contribution < 1.29 is 9.59 Å². The van der Waals surface area contributed by atoms with Crippen LogP contribution in [0.25, 0.3) is 0 Å². The first kappa shape index (κ1) is 21.3. The van der Waals surface area contributed by atoms with E-state index in [4.69, 9.17) is 0 Å². The van der Waals surface area contributed by atoms with Crippen LogP contribution >= 0.6 is 0 Å². The summed E-state index contributed by atoms with van der Waals surface area (Å²) in [7, 11) is 0. The van der Waals surface area contributed by atoms with E-state index in [1.54, 1.807) is 0 Å². The Labute approximate surface area is 171 Å². The van der Waals surface area contributed by atoms with E-state index in [9.17, 15) is 9.59 Å². The van der Waals surface area contributed by atoms with Crippen LogP contribution in [0.5, 0.6) is 0 Å². The van der Waals surface area contributed by atoms with Crippen LogP contribution in [-0.4, -0.2) is 29.2 Å². The topological polar surface area (TPSA) is 37.4 Å². The number of amides is 1. The van der Waals surface area contributed by atoms with Crippen LogP contribution in [0.4, 0.5) is 0 Å². The highest BCUT2D eigenvalue weighted by atomic mass is 16.2. The third kappa shape index (κ3) is 5.58. The second-order valence-electron chi connectivity index (χ2n) is 9.39. The van der Waals surface area contributed by atoms with Crippen LogP contribution in [0.15, 0.2) is 23.8 Å². The van der Waals surface area contributed by atoms with E-state index in [0.717, 1.165) is 38.1 Å². The molecule has 3 heteroatoms. The molecular formula is C25H39NO2. The van der Waals surface area contributed by atoms with Crippen LogP contribution in [0.2, 0.25) is 0 Å². The van der Waals surface area contributed by atoms with Gasteiger partial charge in [0.2, 0.25) is 5.91 Å². The van der Waals surface area contributed by atoms with Gasteiger partial charge in [-0.3, -0.25) is 9.59 Å². The maximum atomic E-state index is 12.8. The SMILES string of the molecule is CC(CC1=CCCC=C1)[C@H](C)C(=O)CCCC(=O)N1CCCC2CCCCC21. The second kappa shape index (κ2) is 10.4. The summed E-state index contributed by atoms with van der Waals surface area (Å²) in [6.45, 7) is 5.19.